The summed E-state index contributed by atoms with van der Waals surface area (Å²) < 4.78 is 0. The second kappa shape index (κ2) is 5.13. The molecule has 6 nitrogen and oxygen atoms in total. The van der Waals surface area contributed by atoms with E-state index in [4.69, 9.17) is 9.94 Å². The molecule has 2 fully saturated rings. The Morgan fingerprint density at radius 2 is 2.05 bits per heavy atom. The summed E-state index contributed by atoms with van der Waals surface area (Å²) in [6.07, 6.45) is 1.14. The molecule has 6 heteroatoms. The van der Waals surface area contributed by atoms with Crippen molar-refractivity contribution in [3.8, 4) is 0 Å². The molecule has 106 valence electrons. The molecule has 2 amide bonds. The highest BCUT2D eigenvalue weighted by Crippen LogP contribution is 2.30. The molecule has 2 bridgehead atoms. The van der Waals surface area contributed by atoms with Gasteiger partial charge in [0.2, 0.25) is 0 Å². The Hall–Kier alpha value is -2.08. The number of hydrogen-bond acceptors (Lipinski definition) is 3. The van der Waals surface area contributed by atoms with Crippen LogP contribution in [0.5, 0.6) is 0 Å². The first-order chi connectivity index (χ1) is 9.66. The number of nitrogens with zero attached hydrogens (tertiary/aromatic N) is 2. The number of hydrogen-bond donors (Lipinski definition) is 1. The number of carboxylic acids is 1. The zero-order chi connectivity index (χ0) is 14.1. The molecule has 1 aromatic rings. The van der Waals surface area contributed by atoms with E-state index in [-0.39, 0.29) is 12.1 Å². The number of carbonyl (C=O) groups excluding carboxylic acids is 1. The van der Waals surface area contributed by atoms with Gasteiger partial charge >= 0.3 is 12.0 Å². The van der Waals surface area contributed by atoms with Crippen LogP contribution in [0.4, 0.5) is 4.79 Å². The van der Waals surface area contributed by atoms with E-state index >= 15 is 0 Å². The summed E-state index contributed by atoms with van der Waals surface area (Å²) in [4.78, 5) is 30.3. The Kier molecular flexibility index (Phi) is 3.31. The summed E-state index contributed by atoms with van der Waals surface area (Å²) >= 11 is 0. The van der Waals surface area contributed by atoms with E-state index in [0.29, 0.717) is 26.0 Å². The predicted molar refractivity (Wildman–Crippen MR) is 69.6 cm³/mol. The number of benzene rings is 1. The number of carbonyl (C=O) groups is 2. The lowest BCUT2D eigenvalue weighted by molar-refractivity contribution is -0.143. The fraction of sp³-hybridized carbons (Fsp3) is 0.429. The molecule has 0 aromatic heterocycles. The number of carboxylic acid groups (broad SMARTS) is 1. The van der Waals surface area contributed by atoms with Gasteiger partial charge in [-0.05, 0) is 18.4 Å². The molecule has 2 saturated heterocycles. The van der Waals surface area contributed by atoms with Crippen LogP contribution < -0.4 is 0 Å². The van der Waals surface area contributed by atoms with Gasteiger partial charge in [0.25, 0.3) is 0 Å². The average molecular weight is 276 g/mol. The number of aliphatic carboxylic acids is 1. The summed E-state index contributed by atoms with van der Waals surface area (Å²) in [6, 6.07) is 8.49. The molecule has 2 aliphatic heterocycles. The monoisotopic (exact) mass is 276 g/mol. The minimum absolute atomic E-state index is 0.0400. The third kappa shape index (κ3) is 2.22. The van der Waals surface area contributed by atoms with Gasteiger partial charge in [-0.2, -0.15) is 5.06 Å². The Labute approximate surface area is 116 Å². The van der Waals surface area contributed by atoms with Crippen molar-refractivity contribution in [2.24, 2.45) is 0 Å². The molecular weight excluding hydrogens is 260 g/mol. The SMILES string of the molecule is O=C(O)[C@@H]1CC[C@H]2CN1C(=O)N2OCc1ccccc1. The third-order valence-corrected chi connectivity index (χ3v) is 3.82. The van der Waals surface area contributed by atoms with E-state index in [1.54, 1.807) is 0 Å². The highest BCUT2D eigenvalue weighted by Gasteiger charge is 2.47. The fourth-order valence-electron chi connectivity index (χ4n) is 2.77. The molecule has 2 heterocycles. The lowest BCUT2D eigenvalue weighted by Crippen LogP contribution is -2.44. The maximum Gasteiger partial charge on any atom is 0.345 e. The standard InChI is InChI=1S/C14H16N2O4/c17-13(18)12-7-6-11-8-15(12)14(19)16(11)20-9-10-4-2-1-3-5-10/h1-5,11-12H,6-9H2,(H,17,18)/t11-,12-/m0/s1. The van der Waals surface area contributed by atoms with Gasteiger partial charge in [0.05, 0.1) is 6.04 Å². The molecule has 2 atom stereocenters. The number of amides is 2. The minimum Gasteiger partial charge on any atom is -0.480 e. The zero-order valence-corrected chi connectivity index (χ0v) is 10.9. The Morgan fingerprint density at radius 1 is 1.30 bits per heavy atom. The van der Waals surface area contributed by atoms with E-state index in [9.17, 15) is 9.59 Å². The van der Waals surface area contributed by atoms with Gasteiger partial charge < -0.3 is 10.0 Å². The largest absolute Gasteiger partial charge is 0.480 e. The number of fused-ring (bicyclic) bond motifs is 2. The van der Waals surface area contributed by atoms with Crippen LogP contribution >= 0.6 is 0 Å². The van der Waals surface area contributed by atoms with Crippen molar-refractivity contribution >= 4 is 12.0 Å². The second-order valence-electron chi connectivity index (χ2n) is 5.10. The molecule has 0 aliphatic carbocycles. The first-order valence-electron chi connectivity index (χ1n) is 6.66. The van der Waals surface area contributed by atoms with Gasteiger partial charge in [-0.25, -0.2) is 9.59 Å². The van der Waals surface area contributed by atoms with Gasteiger partial charge in [0, 0.05) is 6.54 Å². The number of rotatable bonds is 4. The van der Waals surface area contributed by atoms with Gasteiger partial charge in [-0.1, -0.05) is 30.3 Å². The number of hydroxylamine groups is 2. The minimum atomic E-state index is -0.943. The van der Waals surface area contributed by atoms with E-state index in [1.165, 1.54) is 9.96 Å². The fourth-order valence-corrected chi connectivity index (χ4v) is 2.77. The van der Waals surface area contributed by atoms with Crippen LogP contribution in [-0.2, 0) is 16.2 Å². The molecular formula is C14H16N2O4. The smallest absolute Gasteiger partial charge is 0.345 e. The Morgan fingerprint density at radius 3 is 2.75 bits per heavy atom. The molecule has 2 aliphatic rings. The van der Waals surface area contributed by atoms with Crippen LogP contribution in [0, 0.1) is 0 Å². The first-order valence-corrected chi connectivity index (χ1v) is 6.66. The molecule has 0 saturated carbocycles. The number of urea groups is 1. The van der Waals surface area contributed by atoms with E-state index in [1.807, 2.05) is 30.3 Å². The maximum absolute atomic E-state index is 12.2. The molecule has 3 rings (SSSR count). The molecule has 1 N–H and O–H groups in total. The zero-order valence-electron chi connectivity index (χ0n) is 10.9. The second-order valence-corrected chi connectivity index (χ2v) is 5.10. The normalized spacial score (nSPS) is 25.1. The molecule has 0 radical (unpaired) electrons. The van der Waals surface area contributed by atoms with Crippen LogP contribution in [-0.4, -0.2) is 45.7 Å². The van der Waals surface area contributed by atoms with Crippen LogP contribution in [0.2, 0.25) is 0 Å². The lowest BCUT2D eigenvalue weighted by Gasteiger charge is -2.26. The van der Waals surface area contributed by atoms with Gasteiger partial charge in [-0.3, -0.25) is 4.84 Å². The van der Waals surface area contributed by atoms with Crippen LogP contribution in [0.1, 0.15) is 18.4 Å². The lowest BCUT2D eigenvalue weighted by atomic mass is 10.0. The van der Waals surface area contributed by atoms with Crippen molar-refractivity contribution in [3.63, 3.8) is 0 Å². The highest BCUT2D eigenvalue weighted by atomic mass is 16.7. The van der Waals surface area contributed by atoms with Crippen LogP contribution in [0.25, 0.3) is 0 Å². The number of piperidine rings is 1. The summed E-state index contributed by atoms with van der Waals surface area (Å²) in [7, 11) is 0. The first kappa shape index (κ1) is 12.9. The van der Waals surface area contributed by atoms with E-state index < -0.39 is 12.0 Å². The molecule has 0 unspecified atom stereocenters. The van der Waals surface area contributed by atoms with E-state index in [2.05, 4.69) is 0 Å². The predicted octanol–water partition coefficient (Wildman–Crippen LogP) is 1.47. The van der Waals surface area contributed by atoms with Gasteiger partial charge in [-0.15, -0.1) is 0 Å². The Bertz CT molecular complexity index is 519. The van der Waals surface area contributed by atoms with Crippen molar-refractivity contribution in [1.29, 1.82) is 0 Å². The summed E-state index contributed by atoms with van der Waals surface area (Å²) in [6.45, 7) is 0.749. The maximum atomic E-state index is 12.2. The quantitative estimate of drug-likeness (QED) is 0.904. The molecule has 0 spiro atoms. The van der Waals surface area contributed by atoms with Crippen LogP contribution in [0.15, 0.2) is 30.3 Å². The topological polar surface area (TPSA) is 70.1 Å². The van der Waals surface area contributed by atoms with Crippen molar-refractivity contribution in [1.82, 2.24) is 9.96 Å². The van der Waals surface area contributed by atoms with Gasteiger partial charge in [0.15, 0.2) is 0 Å². The van der Waals surface area contributed by atoms with Crippen molar-refractivity contribution in [2.75, 3.05) is 6.54 Å². The van der Waals surface area contributed by atoms with Gasteiger partial charge in [0.1, 0.15) is 12.6 Å². The average Bonchev–Trinajstić information content (AvgIpc) is 2.70. The van der Waals surface area contributed by atoms with Crippen molar-refractivity contribution in [3.05, 3.63) is 35.9 Å². The molecule has 1 aromatic carbocycles. The highest BCUT2D eigenvalue weighted by molar-refractivity contribution is 5.84. The summed E-state index contributed by atoms with van der Waals surface area (Å²) in [5.74, 6) is -0.943. The Balaban J connectivity index is 1.67. The van der Waals surface area contributed by atoms with Crippen molar-refractivity contribution in [2.45, 2.75) is 31.5 Å². The summed E-state index contributed by atoms with van der Waals surface area (Å²) in [5, 5.41) is 10.5. The van der Waals surface area contributed by atoms with Crippen molar-refractivity contribution < 1.29 is 19.5 Å². The molecule has 20 heavy (non-hydrogen) atoms. The van der Waals surface area contributed by atoms with Crippen LogP contribution in [0.3, 0.4) is 0 Å². The third-order valence-electron chi connectivity index (χ3n) is 3.82. The van der Waals surface area contributed by atoms with E-state index in [0.717, 1.165) is 5.56 Å². The summed E-state index contributed by atoms with van der Waals surface area (Å²) in [5.41, 5.74) is 0.978.